The molecule has 6 heteroatoms. The van der Waals surface area contributed by atoms with Crippen LogP contribution in [-0.2, 0) is 14.3 Å². The monoisotopic (exact) mass is 258 g/mol. The number of amides is 1. The second kappa shape index (κ2) is 6.15. The summed E-state index contributed by atoms with van der Waals surface area (Å²) >= 11 is 0. The van der Waals surface area contributed by atoms with Crippen LogP contribution in [0.25, 0.3) is 0 Å². The van der Waals surface area contributed by atoms with Crippen molar-refractivity contribution in [3.8, 4) is 0 Å². The second-order valence-electron chi connectivity index (χ2n) is 5.08. The summed E-state index contributed by atoms with van der Waals surface area (Å²) in [5.74, 6) is -1.07. The first kappa shape index (κ1) is 14.9. The first-order valence-electron chi connectivity index (χ1n) is 6.28. The number of hydrogen-bond donors (Lipinski definition) is 2. The summed E-state index contributed by atoms with van der Waals surface area (Å²) < 4.78 is 5.23. The Kier molecular flexibility index (Phi) is 5.10. The third-order valence-electron chi connectivity index (χ3n) is 3.09. The normalized spacial score (nSPS) is 19.2. The van der Waals surface area contributed by atoms with E-state index in [1.54, 1.807) is 11.8 Å². The lowest BCUT2D eigenvalue weighted by Gasteiger charge is -2.48. The van der Waals surface area contributed by atoms with E-state index in [2.05, 4.69) is 6.92 Å². The van der Waals surface area contributed by atoms with E-state index >= 15 is 0 Å². The molecule has 1 aliphatic rings. The van der Waals surface area contributed by atoms with Crippen molar-refractivity contribution in [1.29, 1.82) is 0 Å². The molecule has 104 valence electrons. The molecule has 6 nitrogen and oxygen atoms in total. The summed E-state index contributed by atoms with van der Waals surface area (Å²) in [6, 6.07) is -0.450. The van der Waals surface area contributed by atoms with Gasteiger partial charge in [-0.25, -0.2) is 4.79 Å². The minimum Gasteiger partial charge on any atom is -0.480 e. The van der Waals surface area contributed by atoms with Crippen LogP contribution in [0.4, 0.5) is 0 Å². The highest BCUT2D eigenvalue weighted by molar-refractivity contribution is 5.82. The number of nitrogens with zero attached hydrogens (tertiary/aromatic N) is 1. The quantitative estimate of drug-likeness (QED) is 0.680. The Balaban J connectivity index is 2.32. The zero-order valence-electron chi connectivity index (χ0n) is 11.0. The van der Waals surface area contributed by atoms with Crippen LogP contribution in [0.15, 0.2) is 0 Å². The average molecular weight is 258 g/mol. The number of rotatable bonds is 7. The number of likely N-dealkylation sites (tertiary alicyclic amines) is 1. The molecule has 1 atom stereocenters. The Morgan fingerprint density at radius 1 is 1.50 bits per heavy atom. The van der Waals surface area contributed by atoms with Gasteiger partial charge < -0.3 is 20.5 Å². The molecule has 1 aliphatic heterocycles. The van der Waals surface area contributed by atoms with E-state index in [0.717, 1.165) is 12.8 Å². The van der Waals surface area contributed by atoms with E-state index in [9.17, 15) is 9.59 Å². The summed E-state index contributed by atoms with van der Waals surface area (Å²) in [5, 5.41) is 8.53. The molecule has 0 bridgehead atoms. The van der Waals surface area contributed by atoms with E-state index in [-0.39, 0.29) is 12.5 Å². The number of ether oxygens (including phenoxy) is 1. The van der Waals surface area contributed by atoms with Crippen molar-refractivity contribution >= 4 is 11.9 Å². The molecule has 1 rings (SSSR count). The van der Waals surface area contributed by atoms with Crippen molar-refractivity contribution < 1.29 is 19.4 Å². The molecular formula is C12H22N2O4. The average Bonchev–Trinajstić information content (AvgIpc) is 2.28. The van der Waals surface area contributed by atoms with Gasteiger partial charge in [-0.2, -0.15) is 0 Å². The van der Waals surface area contributed by atoms with Gasteiger partial charge in [0.1, 0.15) is 12.2 Å². The fourth-order valence-electron chi connectivity index (χ4n) is 2.03. The molecule has 3 N–H and O–H groups in total. The molecule has 18 heavy (non-hydrogen) atoms. The minimum absolute atomic E-state index is 0.0696. The Morgan fingerprint density at radius 3 is 2.61 bits per heavy atom. The smallest absolute Gasteiger partial charge is 0.329 e. The first-order chi connectivity index (χ1) is 8.38. The molecule has 1 unspecified atom stereocenters. The highest BCUT2D eigenvalue weighted by Crippen LogP contribution is 2.25. The molecule has 0 aromatic rings. The van der Waals surface area contributed by atoms with Crippen LogP contribution in [-0.4, -0.2) is 53.2 Å². The number of unbranched alkanes of at least 4 members (excludes halogenated alkanes) is 1. The first-order valence-corrected chi connectivity index (χ1v) is 6.28. The summed E-state index contributed by atoms with van der Waals surface area (Å²) in [6.45, 7) is 4.35. The van der Waals surface area contributed by atoms with E-state index in [1.807, 2.05) is 0 Å². The lowest BCUT2D eigenvalue weighted by atomic mass is 9.94. The van der Waals surface area contributed by atoms with Crippen molar-refractivity contribution in [2.45, 2.75) is 44.8 Å². The molecule has 1 heterocycles. The molecule has 0 spiro atoms. The molecule has 0 saturated carbocycles. The molecular weight excluding hydrogens is 236 g/mol. The fraction of sp³-hybridized carbons (Fsp3) is 0.833. The summed E-state index contributed by atoms with van der Waals surface area (Å²) in [5.41, 5.74) is 5.26. The largest absolute Gasteiger partial charge is 0.480 e. The Bertz CT molecular complexity index is 313. The maximum absolute atomic E-state index is 11.9. The zero-order valence-corrected chi connectivity index (χ0v) is 11.0. The van der Waals surface area contributed by atoms with Crippen LogP contribution < -0.4 is 5.73 Å². The van der Waals surface area contributed by atoms with Crippen molar-refractivity contribution in [3.63, 3.8) is 0 Å². The Hall–Kier alpha value is -1.14. The third kappa shape index (κ3) is 3.96. The van der Waals surface area contributed by atoms with Gasteiger partial charge in [-0.15, -0.1) is 0 Å². The highest BCUT2D eigenvalue weighted by atomic mass is 16.5. The number of carboxylic acids is 1. The minimum atomic E-state index is -0.999. The topological polar surface area (TPSA) is 92.9 Å². The molecule has 1 fully saturated rings. The van der Waals surface area contributed by atoms with Crippen LogP contribution in [0, 0.1) is 0 Å². The number of nitrogens with two attached hydrogens (primary N) is 1. The third-order valence-corrected chi connectivity index (χ3v) is 3.09. The van der Waals surface area contributed by atoms with Crippen LogP contribution in [0.5, 0.6) is 0 Å². The van der Waals surface area contributed by atoms with E-state index in [4.69, 9.17) is 15.6 Å². The SMILES string of the molecule is CCCCC(N)C(=O)N1CC(C)(OCC(=O)O)C1. The van der Waals surface area contributed by atoms with Gasteiger partial charge in [0.05, 0.1) is 19.1 Å². The van der Waals surface area contributed by atoms with Crippen LogP contribution in [0.3, 0.4) is 0 Å². The van der Waals surface area contributed by atoms with E-state index in [1.165, 1.54) is 0 Å². The number of carbonyl (C=O) groups is 2. The van der Waals surface area contributed by atoms with Gasteiger partial charge in [-0.05, 0) is 13.3 Å². The summed E-state index contributed by atoms with van der Waals surface area (Å²) in [7, 11) is 0. The maximum atomic E-state index is 11.9. The predicted octanol–water partition coefficient (Wildman–Crippen LogP) is 0.206. The molecule has 1 saturated heterocycles. The Labute approximate surface area is 107 Å². The van der Waals surface area contributed by atoms with Gasteiger partial charge in [-0.1, -0.05) is 19.8 Å². The molecule has 0 aromatic heterocycles. The van der Waals surface area contributed by atoms with Crippen LogP contribution in [0.2, 0.25) is 0 Å². The Morgan fingerprint density at radius 2 is 2.11 bits per heavy atom. The molecule has 0 aliphatic carbocycles. The highest BCUT2D eigenvalue weighted by Gasteiger charge is 2.43. The number of aliphatic carboxylic acids is 1. The van der Waals surface area contributed by atoms with Gasteiger partial charge in [0.25, 0.3) is 0 Å². The van der Waals surface area contributed by atoms with Gasteiger partial charge in [0, 0.05) is 0 Å². The predicted molar refractivity (Wildman–Crippen MR) is 66.1 cm³/mol. The summed E-state index contributed by atoms with van der Waals surface area (Å²) in [4.78, 5) is 23.9. The summed E-state index contributed by atoms with van der Waals surface area (Å²) in [6.07, 6.45) is 2.65. The van der Waals surface area contributed by atoms with Crippen LogP contribution >= 0.6 is 0 Å². The van der Waals surface area contributed by atoms with Gasteiger partial charge in [-0.3, -0.25) is 4.79 Å². The zero-order chi connectivity index (χ0) is 13.8. The standard InChI is InChI=1S/C12H22N2O4/c1-3-4-5-9(13)11(17)14-7-12(2,8-14)18-6-10(15)16/h9H,3-8,13H2,1-2H3,(H,15,16). The lowest BCUT2D eigenvalue weighted by Crippen LogP contribution is -2.65. The molecule has 0 radical (unpaired) electrons. The van der Waals surface area contributed by atoms with Gasteiger partial charge >= 0.3 is 5.97 Å². The number of hydrogen-bond acceptors (Lipinski definition) is 4. The fourth-order valence-corrected chi connectivity index (χ4v) is 2.03. The second-order valence-corrected chi connectivity index (χ2v) is 5.08. The van der Waals surface area contributed by atoms with Crippen molar-refractivity contribution in [3.05, 3.63) is 0 Å². The van der Waals surface area contributed by atoms with E-state index < -0.39 is 17.6 Å². The van der Waals surface area contributed by atoms with Crippen molar-refractivity contribution in [2.75, 3.05) is 19.7 Å². The van der Waals surface area contributed by atoms with Crippen LogP contribution in [0.1, 0.15) is 33.1 Å². The van der Waals surface area contributed by atoms with E-state index in [0.29, 0.717) is 19.5 Å². The van der Waals surface area contributed by atoms with Crippen molar-refractivity contribution in [2.24, 2.45) is 5.73 Å². The van der Waals surface area contributed by atoms with Crippen molar-refractivity contribution in [1.82, 2.24) is 4.90 Å². The van der Waals surface area contributed by atoms with Gasteiger partial charge in [0.2, 0.25) is 5.91 Å². The maximum Gasteiger partial charge on any atom is 0.329 e. The number of carboxylic acid groups (broad SMARTS) is 1. The number of carbonyl (C=O) groups excluding carboxylic acids is 1. The lowest BCUT2D eigenvalue weighted by molar-refractivity contribution is -0.174. The molecule has 0 aromatic carbocycles. The van der Waals surface area contributed by atoms with Gasteiger partial charge in [0.15, 0.2) is 0 Å². The molecule has 1 amide bonds.